The number of amides is 1. The molecule has 6 nitrogen and oxygen atoms in total. The van der Waals surface area contributed by atoms with Crippen molar-refractivity contribution in [1.29, 1.82) is 0 Å². The predicted octanol–water partition coefficient (Wildman–Crippen LogP) is 2.89. The number of non-ortho nitro benzene ring substituents is 1. The SMILES string of the molecule is COc1ccc(CCC(=O)NCCc2ccc([N+](=O)[O-])cc2)cc1. The molecule has 0 aromatic heterocycles. The summed E-state index contributed by atoms with van der Waals surface area (Å²) in [6.07, 6.45) is 1.74. The van der Waals surface area contributed by atoms with Gasteiger partial charge in [-0.25, -0.2) is 0 Å². The fourth-order valence-electron chi connectivity index (χ4n) is 2.27. The number of benzene rings is 2. The van der Waals surface area contributed by atoms with Gasteiger partial charge in [0.25, 0.3) is 5.69 Å². The van der Waals surface area contributed by atoms with Gasteiger partial charge in [0.1, 0.15) is 5.75 Å². The summed E-state index contributed by atoms with van der Waals surface area (Å²) in [6.45, 7) is 0.513. The van der Waals surface area contributed by atoms with E-state index in [1.165, 1.54) is 12.1 Å². The monoisotopic (exact) mass is 328 g/mol. The van der Waals surface area contributed by atoms with Gasteiger partial charge in [0.15, 0.2) is 0 Å². The van der Waals surface area contributed by atoms with Crippen molar-refractivity contribution in [3.8, 4) is 5.75 Å². The number of rotatable bonds is 8. The summed E-state index contributed by atoms with van der Waals surface area (Å²) in [5.74, 6) is 0.791. The molecule has 0 saturated carbocycles. The first kappa shape index (κ1) is 17.5. The van der Waals surface area contributed by atoms with Crippen LogP contribution in [0.2, 0.25) is 0 Å². The zero-order valence-corrected chi connectivity index (χ0v) is 13.5. The first-order chi connectivity index (χ1) is 11.6. The third-order valence-corrected chi connectivity index (χ3v) is 3.68. The van der Waals surface area contributed by atoms with E-state index in [9.17, 15) is 14.9 Å². The summed E-state index contributed by atoms with van der Waals surface area (Å²) >= 11 is 0. The van der Waals surface area contributed by atoms with Crippen LogP contribution >= 0.6 is 0 Å². The first-order valence-electron chi connectivity index (χ1n) is 7.71. The van der Waals surface area contributed by atoms with Crippen LogP contribution in [0.4, 0.5) is 5.69 Å². The van der Waals surface area contributed by atoms with E-state index in [0.717, 1.165) is 16.9 Å². The van der Waals surface area contributed by atoms with E-state index >= 15 is 0 Å². The second-order valence-corrected chi connectivity index (χ2v) is 5.37. The molecule has 6 heteroatoms. The number of nitrogens with one attached hydrogen (secondary N) is 1. The number of nitro benzene ring substituents is 1. The summed E-state index contributed by atoms with van der Waals surface area (Å²) in [6, 6.07) is 14.0. The number of carbonyl (C=O) groups is 1. The number of methoxy groups -OCH3 is 1. The molecule has 24 heavy (non-hydrogen) atoms. The molecule has 0 saturated heterocycles. The third kappa shape index (κ3) is 5.39. The molecule has 0 unspecified atom stereocenters. The van der Waals surface area contributed by atoms with Crippen molar-refractivity contribution in [2.75, 3.05) is 13.7 Å². The first-order valence-corrected chi connectivity index (χ1v) is 7.71. The van der Waals surface area contributed by atoms with Crippen molar-refractivity contribution in [3.63, 3.8) is 0 Å². The molecule has 1 amide bonds. The minimum atomic E-state index is -0.426. The number of hydrogen-bond donors (Lipinski definition) is 1. The molecule has 2 aromatic carbocycles. The molecule has 0 spiro atoms. The van der Waals surface area contributed by atoms with Gasteiger partial charge in [-0.3, -0.25) is 14.9 Å². The summed E-state index contributed by atoms with van der Waals surface area (Å²) < 4.78 is 5.09. The highest BCUT2D eigenvalue weighted by Crippen LogP contribution is 2.13. The maximum atomic E-state index is 11.8. The minimum absolute atomic E-state index is 0.00673. The van der Waals surface area contributed by atoms with Crippen LogP contribution in [0.5, 0.6) is 5.75 Å². The summed E-state index contributed by atoms with van der Waals surface area (Å²) in [5.41, 5.74) is 2.11. The standard InChI is InChI=1S/C18H20N2O4/c1-24-17-9-4-14(5-10-17)6-11-18(21)19-13-12-15-2-7-16(8-3-15)20(22)23/h2-5,7-10H,6,11-13H2,1H3,(H,19,21). The zero-order chi connectivity index (χ0) is 17.4. The maximum Gasteiger partial charge on any atom is 0.269 e. The van der Waals surface area contributed by atoms with Crippen LogP contribution in [0.3, 0.4) is 0 Å². The van der Waals surface area contributed by atoms with Crippen molar-refractivity contribution in [1.82, 2.24) is 5.32 Å². The van der Waals surface area contributed by atoms with Gasteiger partial charge in [-0.1, -0.05) is 24.3 Å². The van der Waals surface area contributed by atoms with Crippen LogP contribution in [-0.2, 0) is 17.6 Å². The number of carbonyl (C=O) groups excluding carboxylic acids is 1. The van der Waals surface area contributed by atoms with E-state index in [-0.39, 0.29) is 11.6 Å². The minimum Gasteiger partial charge on any atom is -0.497 e. The Morgan fingerprint density at radius 1 is 1.04 bits per heavy atom. The molecule has 2 rings (SSSR count). The van der Waals surface area contributed by atoms with Crippen molar-refractivity contribution in [2.24, 2.45) is 0 Å². The zero-order valence-electron chi connectivity index (χ0n) is 13.5. The Bertz CT molecular complexity index is 681. The number of nitrogens with zero attached hydrogens (tertiary/aromatic N) is 1. The maximum absolute atomic E-state index is 11.8. The van der Waals surface area contributed by atoms with Crippen LogP contribution in [0, 0.1) is 10.1 Å². The highest BCUT2D eigenvalue weighted by molar-refractivity contribution is 5.76. The molecule has 126 valence electrons. The molecule has 0 fully saturated rings. The quantitative estimate of drug-likeness (QED) is 0.597. The fraction of sp³-hybridized carbons (Fsp3) is 0.278. The Labute approximate surface area is 140 Å². The van der Waals surface area contributed by atoms with Crippen LogP contribution in [0.15, 0.2) is 48.5 Å². The van der Waals surface area contributed by atoms with Crippen molar-refractivity contribution in [2.45, 2.75) is 19.3 Å². The van der Waals surface area contributed by atoms with E-state index in [2.05, 4.69) is 5.32 Å². The van der Waals surface area contributed by atoms with E-state index in [1.54, 1.807) is 19.2 Å². The summed E-state index contributed by atoms with van der Waals surface area (Å²) in [5, 5.41) is 13.4. The molecular weight excluding hydrogens is 308 g/mol. The molecule has 0 bridgehead atoms. The van der Waals surface area contributed by atoms with Gasteiger partial charge in [-0.05, 0) is 36.1 Å². The number of aryl methyl sites for hydroxylation is 1. The summed E-state index contributed by atoms with van der Waals surface area (Å²) in [7, 11) is 1.62. The van der Waals surface area contributed by atoms with E-state index in [0.29, 0.717) is 25.8 Å². The van der Waals surface area contributed by atoms with Gasteiger partial charge in [0.05, 0.1) is 12.0 Å². The Balaban J connectivity index is 1.69. The predicted molar refractivity (Wildman–Crippen MR) is 91.1 cm³/mol. The molecule has 0 atom stereocenters. The Morgan fingerprint density at radius 2 is 1.62 bits per heavy atom. The molecule has 0 radical (unpaired) electrons. The Kier molecular flexibility index (Phi) is 6.31. The number of ether oxygens (including phenoxy) is 1. The Hall–Kier alpha value is -2.89. The smallest absolute Gasteiger partial charge is 0.269 e. The van der Waals surface area contributed by atoms with Crippen LogP contribution in [-0.4, -0.2) is 24.5 Å². The summed E-state index contributed by atoms with van der Waals surface area (Å²) in [4.78, 5) is 22.0. The van der Waals surface area contributed by atoms with Gasteiger partial charge >= 0.3 is 0 Å². The van der Waals surface area contributed by atoms with E-state index in [1.807, 2.05) is 24.3 Å². The van der Waals surface area contributed by atoms with Gasteiger partial charge in [-0.2, -0.15) is 0 Å². The van der Waals surface area contributed by atoms with Crippen molar-refractivity contribution < 1.29 is 14.5 Å². The molecule has 0 heterocycles. The van der Waals surface area contributed by atoms with Crippen LogP contribution < -0.4 is 10.1 Å². The van der Waals surface area contributed by atoms with E-state index in [4.69, 9.17) is 4.74 Å². The topological polar surface area (TPSA) is 81.5 Å². The highest BCUT2D eigenvalue weighted by Gasteiger charge is 2.05. The largest absolute Gasteiger partial charge is 0.497 e. The molecule has 0 aliphatic rings. The molecule has 0 aliphatic carbocycles. The average Bonchev–Trinajstić information content (AvgIpc) is 2.61. The molecular formula is C18H20N2O4. The molecule has 1 N–H and O–H groups in total. The number of nitro groups is 1. The third-order valence-electron chi connectivity index (χ3n) is 3.68. The lowest BCUT2D eigenvalue weighted by atomic mass is 10.1. The van der Waals surface area contributed by atoms with Gasteiger partial charge in [-0.15, -0.1) is 0 Å². The lowest BCUT2D eigenvalue weighted by Crippen LogP contribution is -2.25. The fourth-order valence-corrected chi connectivity index (χ4v) is 2.27. The normalized spacial score (nSPS) is 10.2. The molecule has 2 aromatic rings. The second-order valence-electron chi connectivity index (χ2n) is 5.37. The van der Waals surface area contributed by atoms with Crippen molar-refractivity contribution >= 4 is 11.6 Å². The van der Waals surface area contributed by atoms with Gasteiger partial charge < -0.3 is 10.1 Å². The lowest BCUT2D eigenvalue weighted by Gasteiger charge is -2.06. The lowest BCUT2D eigenvalue weighted by molar-refractivity contribution is -0.384. The number of hydrogen-bond acceptors (Lipinski definition) is 4. The van der Waals surface area contributed by atoms with Gasteiger partial charge in [0.2, 0.25) is 5.91 Å². The highest BCUT2D eigenvalue weighted by atomic mass is 16.6. The van der Waals surface area contributed by atoms with Crippen LogP contribution in [0.1, 0.15) is 17.5 Å². The van der Waals surface area contributed by atoms with Gasteiger partial charge in [0, 0.05) is 25.1 Å². The van der Waals surface area contributed by atoms with Crippen LogP contribution in [0.25, 0.3) is 0 Å². The van der Waals surface area contributed by atoms with E-state index < -0.39 is 4.92 Å². The Morgan fingerprint density at radius 3 is 2.21 bits per heavy atom. The van der Waals surface area contributed by atoms with Crippen molar-refractivity contribution in [3.05, 3.63) is 69.8 Å². The molecule has 0 aliphatic heterocycles. The second kappa shape index (κ2) is 8.67. The average molecular weight is 328 g/mol.